The first-order chi connectivity index (χ1) is 24.8. The maximum Gasteiger partial charge on any atom is 0.472 e. The molecule has 294 valence electrons. The normalized spacial score (nSPS) is 14.0. The number of carbonyl (C=O) groups excluding carboxylic acids is 2. The highest BCUT2D eigenvalue weighted by Crippen LogP contribution is 2.43. The van der Waals surface area contributed by atoms with Gasteiger partial charge in [-0.15, -0.1) is 0 Å². The molecule has 0 aromatic heterocycles. The van der Waals surface area contributed by atoms with Crippen LogP contribution in [0.5, 0.6) is 0 Å². The van der Waals surface area contributed by atoms with Gasteiger partial charge in [-0.3, -0.25) is 18.6 Å². The maximum absolute atomic E-state index is 12.5. The Morgan fingerprint density at radius 1 is 0.667 bits per heavy atom. The molecular weight excluding hydrogens is 665 g/mol. The Kier molecular flexibility index (Phi) is 35.8. The van der Waals surface area contributed by atoms with Crippen molar-refractivity contribution in [3.8, 4) is 0 Å². The largest absolute Gasteiger partial charge is 0.498 e. The van der Waals surface area contributed by atoms with Gasteiger partial charge in [-0.25, -0.2) is 4.57 Å². The summed E-state index contributed by atoms with van der Waals surface area (Å²) >= 11 is 0. The van der Waals surface area contributed by atoms with E-state index in [0.717, 1.165) is 51.4 Å². The minimum atomic E-state index is -4.32. The zero-order chi connectivity index (χ0) is 37.5. The molecule has 0 amide bonds. The Hall–Kier alpha value is -2.29. The van der Waals surface area contributed by atoms with Gasteiger partial charge in [0, 0.05) is 19.4 Å². The molecule has 0 aliphatic carbocycles. The molecule has 0 aromatic rings. The van der Waals surface area contributed by atoms with Crippen LogP contribution in [0.2, 0.25) is 0 Å². The van der Waals surface area contributed by atoms with Gasteiger partial charge < -0.3 is 20.1 Å². The van der Waals surface area contributed by atoms with Crippen LogP contribution in [0.1, 0.15) is 155 Å². The topological polar surface area (TPSA) is 134 Å². The molecule has 1 unspecified atom stereocenters. The molecule has 0 aliphatic heterocycles. The van der Waals surface area contributed by atoms with Crippen molar-refractivity contribution in [2.24, 2.45) is 5.73 Å². The average Bonchev–Trinajstić information content (AvgIpc) is 3.11. The maximum atomic E-state index is 12.5. The van der Waals surface area contributed by atoms with Crippen molar-refractivity contribution in [1.82, 2.24) is 0 Å². The van der Waals surface area contributed by atoms with Crippen LogP contribution in [-0.2, 0) is 32.7 Å². The number of allylic oxidation sites excluding steroid dienone is 9. The number of hydrogen-bond acceptors (Lipinski definition) is 8. The van der Waals surface area contributed by atoms with Crippen molar-refractivity contribution in [2.75, 3.05) is 26.4 Å². The number of unbranched alkanes of at least 4 members (excludes halogenated alkanes) is 15. The predicted octanol–water partition coefficient (Wildman–Crippen LogP) is 10.9. The Labute approximate surface area is 310 Å². The number of carbonyl (C=O) groups is 2. The van der Waals surface area contributed by atoms with Crippen molar-refractivity contribution in [3.05, 3.63) is 60.9 Å². The summed E-state index contributed by atoms with van der Waals surface area (Å²) in [6.07, 6.45) is 41.7. The van der Waals surface area contributed by atoms with E-state index in [1.807, 2.05) is 24.3 Å². The highest BCUT2D eigenvalue weighted by Gasteiger charge is 2.25. The summed E-state index contributed by atoms with van der Waals surface area (Å²) in [5.41, 5.74) is 5.34. The molecule has 10 heteroatoms. The first kappa shape index (κ1) is 48.7. The summed E-state index contributed by atoms with van der Waals surface area (Å²) in [4.78, 5) is 34.1. The summed E-state index contributed by atoms with van der Waals surface area (Å²) in [5, 5.41) is 0. The van der Waals surface area contributed by atoms with Crippen LogP contribution in [0.15, 0.2) is 60.9 Å². The van der Waals surface area contributed by atoms with E-state index < -0.39 is 19.9 Å². The lowest BCUT2D eigenvalue weighted by molar-refractivity contribution is -0.153. The van der Waals surface area contributed by atoms with E-state index >= 15 is 0 Å². The van der Waals surface area contributed by atoms with Gasteiger partial charge >= 0.3 is 13.8 Å². The Bertz CT molecular complexity index is 1020. The molecule has 9 nitrogen and oxygen atoms in total. The van der Waals surface area contributed by atoms with Crippen LogP contribution in [0.4, 0.5) is 0 Å². The van der Waals surface area contributed by atoms with Crippen LogP contribution in [0, 0.1) is 0 Å². The quantitative estimate of drug-likeness (QED) is 0.0121. The lowest BCUT2D eigenvalue weighted by Gasteiger charge is -2.19. The van der Waals surface area contributed by atoms with E-state index in [1.165, 1.54) is 70.6 Å². The second kappa shape index (κ2) is 37.5. The molecule has 0 fully saturated rings. The van der Waals surface area contributed by atoms with Gasteiger partial charge in [0.1, 0.15) is 6.61 Å². The minimum absolute atomic E-state index is 0.00748. The molecule has 0 spiro atoms. The fraction of sp³-hybridized carbons (Fsp3) is 0.707. The van der Waals surface area contributed by atoms with Crippen molar-refractivity contribution >= 4 is 19.6 Å². The summed E-state index contributed by atoms with van der Waals surface area (Å²) in [6, 6.07) is 0. The Balaban J connectivity index is 4.30. The van der Waals surface area contributed by atoms with E-state index in [2.05, 4.69) is 32.1 Å². The van der Waals surface area contributed by atoms with Crippen LogP contribution < -0.4 is 5.73 Å². The summed E-state index contributed by atoms with van der Waals surface area (Å²) in [6.45, 7) is 3.98. The summed E-state index contributed by atoms with van der Waals surface area (Å²) in [5.74, 6) is -0.254. The molecule has 51 heavy (non-hydrogen) atoms. The van der Waals surface area contributed by atoms with Crippen molar-refractivity contribution in [2.45, 2.75) is 161 Å². The van der Waals surface area contributed by atoms with E-state index in [9.17, 15) is 19.0 Å². The highest BCUT2D eigenvalue weighted by molar-refractivity contribution is 7.47. The molecule has 0 saturated heterocycles. The summed E-state index contributed by atoms with van der Waals surface area (Å²) in [7, 11) is -4.32. The van der Waals surface area contributed by atoms with Crippen molar-refractivity contribution < 1.29 is 37.6 Å². The zero-order valence-electron chi connectivity index (χ0n) is 32.1. The van der Waals surface area contributed by atoms with Gasteiger partial charge in [0.25, 0.3) is 0 Å². The second-order valence-electron chi connectivity index (χ2n) is 12.9. The third kappa shape index (κ3) is 37.3. The van der Waals surface area contributed by atoms with E-state index in [0.29, 0.717) is 12.8 Å². The van der Waals surface area contributed by atoms with Crippen LogP contribution in [0.3, 0.4) is 0 Å². The lowest BCUT2D eigenvalue weighted by atomic mass is 10.0. The minimum Gasteiger partial charge on any atom is -0.498 e. The number of hydrogen-bond donors (Lipinski definition) is 2. The lowest BCUT2D eigenvalue weighted by Crippen LogP contribution is -2.27. The molecule has 3 N–H and O–H groups in total. The number of ketones is 1. The molecule has 0 aliphatic rings. The molecule has 0 rings (SSSR count). The first-order valence-electron chi connectivity index (χ1n) is 19.8. The molecular formula is C41H72NO8P. The second-order valence-corrected chi connectivity index (χ2v) is 14.4. The van der Waals surface area contributed by atoms with Gasteiger partial charge in [-0.05, 0) is 57.1 Å². The van der Waals surface area contributed by atoms with Gasteiger partial charge in [0.2, 0.25) is 0 Å². The van der Waals surface area contributed by atoms with Crippen molar-refractivity contribution in [1.29, 1.82) is 0 Å². The number of ether oxygens (including phenoxy) is 2. The van der Waals surface area contributed by atoms with Gasteiger partial charge in [0.15, 0.2) is 11.9 Å². The number of phosphoric ester groups is 1. The highest BCUT2D eigenvalue weighted by atomic mass is 31.2. The van der Waals surface area contributed by atoms with Crippen LogP contribution in [0.25, 0.3) is 0 Å². The smallest absolute Gasteiger partial charge is 0.472 e. The van der Waals surface area contributed by atoms with Gasteiger partial charge in [0.05, 0.1) is 19.5 Å². The molecule has 0 heterocycles. The van der Waals surface area contributed by atoms with Gasteiger partial charge in [-0.2, -0.15) is 0 Å². The zero-order valence-corrected chi connectivity index (χ0v) is 33.0. The van der Waals surface area contributed by atoms with E-state index in [4.69, 9.17) is 24.3 Å². The van der Waals surface area contributed by atoms with Crippen LogP contribution in [-0.4, -0.2) is 49.1 Å². The monoisotopic (exact) mass is 737 g/mol. The summed E-state index contributed by atoms with van der Waals surface area (Å²) < 4.78 is 33.0. The van der Waals surface area contributed by atoms with E-state index in [-0.39, 0.29) is 38.6 Å². The Morgan fingerprint density at radius 2 is 1.25 bits per heavy atom. The predicted molar refractivity (Wildman–Crippen MR) is 210 cm³/mol. The standard InChI is InChI=1S/C41H72NO8P/c1-3-5-7-8-9-10-11-12-13-17-20-23-26-30-35-47-37-40(38-49-51(45,46)48-36-34-42)50-41(44)33-29-25-22-19-16-14-15-18-21-24-28-32-39(43)31-27-6-4-2/h14-15,19,21-22,24,28,30,32,35,40H,3-13,16-18,20,23,25-27,29,31,33-34,36-38,42H2,1-2H3,(H,45,46)/b15-14-,22-19-,24-21-,32-28+,35-30+/t40-/m1/s1. The molecule has 2 atom stereocenters. The molecule has 0 radical (unpaired) electrons. The number of rotatable bonds is 37. The third-order valence-corrected chi connectivity index (χ3v) is 8.96. The molecule has 0 aromatic carbocycles. The Morgan fingerprint density at radius 3 is 1.92 bits per heavy atom. The molecule has 0 saturated carbocycles. The van der Waals surface area contributed by atoms with Crippen LogP contribution >= 0.6 is 7.82 Å². The SMILES string of the molecule is CCCCCCCCCCCCCC/C=C/OC[C@H](COP(=O)(O)OCCN)OC(=O)CCC/C=C\C/C=C\C/C=C\C=C\C(=O)CCCCC. The number of esters is 1. The van der Waals surface area contributed by atoms with Gasteiger partial charge in [-0.1, -0.05) is 140 Å². The number of nitrogens with two attached hydrogens (primary N) is 1. The average molecular weight is 738 g/mol. The van der Waals surface area contributed by atoms with Crippen molar-refractivity contribution in [3.63, 3.8) is 0 Å². The fourth-order valence-corrected chi connectivity index (χ4v) is 5.79. The first-order valence-corrected chi connectivity index (χ1v) is 21.3. The fourth-order valence-electron chi connectivity index (χ4n) is 5.03. The molecule has 0 bridgehead atoms. The van der Waals surface area contributed by atoms with E-state index in [1.54, 1.807) is 18.4 Å². The number of phosphoric acid groups is 1. The third-order valence-electron chi connectivity index (χ3n) is 7.98.